The Morgan fingerprint density at radius 1 is 1.06 bits per heavy atom. The first-order chi connectivity index (χ1) is 15.9. The lowest BCUT2D eigenvalue weighted by Crippen LogP contribution is -2.51. The van der Waals surface area contributed by atoms with Crippen molar-refractivity contribution in [2.75, 3.05) is 27.6 Å². The second-order valence-corrected chi connectivity index (χ2v) is 7.69. The zero-order valence-electron chi connectivity index (χ0n) is 18.0. The van der Waals surface area contributed by atoms with E-state index in [9.17, 15) is 9.59 Å². The van der Waals surface area contributed by atoms with E-state index in [0.29, 0.717) is 28.4 Å². The van der Waals surface area contributed by atoms with Crippen molar-refractivity contribution < 1.29 is 47.6 Å². The molecule has 33 heavy (non-hydrogen) atoms. The van der Waals surface area contributed by atoms with Crippen molar-refractivity contribution in [3.63, 3.8) is 0 Å². The predicted molar refractivity (Wildman–Crippen MR) is 108 cm³/mol. The van der Waals surface area contributed by atoms with Crippen LogP contribution in [0.25, 0.3) is 0 Å². The van der Waals surface area contributed by atoms with Crippen molar-refractivity contribution in [3.05, 3.63) is 35.4 Å². The molecular weight excluding hydrogens is 438 g/mol. The second kappa shape index (κ2) is 7.71. The topological polar surface area (TPSA) is 134 Å². The maximum Gasteiger partial charge on any atom is 0.317 e. The fourth-order valence-corrected chi connectivity index (χ4v) is 4.51. The average molecular weight is 459 g/mol. The van der Waals surface area contributed by atoms with Crippen molar-refractivity contribution in [1.82, 2.24) is 0 Å². The number of benzene rings is 2. The van der Waals surface area contributed by atoms with Crippen LogP contribution in [0.1, 0.15) is 24.0 Å². The summed E-state index contributed by atoms with van der Waals surface area (Å²) in [5.74, 6) is 3.24. The summed E-state index contributed by atoms with van der Waals surface area (Å²) in [6.07, 6.45) is 0. The standard InChI is InChI=1S/C22H21NO10/c1-10(24)31-20-16(26-2)4-11(5-17(20)33-23)18-12-6-14-15(30-9-29-14)7-13(12)32-22(27-3)8-28-21(25)19(18)22/h4-7,18-19H,8-9,23H2,1-3H3. The number of hydrogen-bond acceptors (Lipinski definition) is 11. The molecule has 11 nitrogen and oxygen atoms in total. The normalized spacial score (nSPS) is 24.3. The minimum absolute atomic E-state index is 0.0150. The maximum absolute atomic E-state index is 12.9. The van der Waals surface area contributed by atoms with Crippen LogP contribution in [0.2, 0.25) is 0 Å². The molecule has 2 N–H and O–H groups in total. The monoisotopic (exact) mass is 459 g/mol. The van der Waals surface area contributed by atoms with Crippen molar-refractivity contribution >= 4 is 11.9 Å². The minimum Gasteiger partial charge on any atom is -0.493 e. The highest BCUT2D eigenvalue weighted by Gasteiger charge is 2.61. The lowest BCUT2D eigenvalue weighted by Gasteiger charge is -2.41. The first kappa shape index (κ1) is 21.2. The zero-order chi connectivity index (χ0) is 23.3. The predicted octanol–water partition coefficient (Wildman–Crippen LogP) is 1.64. The first-order valence-corrected chi connectivity index (χ1v) is 10.0. The molecule has 3 aliphatic rings. The largest absolute Gasteiger partial charge is 0.493 e. The molecular formula is C22H21NO10. The molecule has 0 saturated carbocycles. The molecule has 3 aliphatic heterocycles. The van der Waals surface area contributed by atoms with Gasteiger partial charge in [0.25, 0.3) is 5.79 Å². The maximum atomic E-state index is 12.9. The third-order valence-corrected chi connectivity index (χ3v) is 5.94. The third-order valence-electron chi connectivity index (χ3n) is 5.94. The highest BCUT2D eigenvalue weighted by molar-refractivity contribution is 5.80. The summed E-state index contributed by atoms with van der Waals surface area (Å²) >= 11 is 0. The van der Waals surface area contributed by atoms with E-state index in [1.54, 1.807) is 24.3 Å². The van der Waals surface area contributed by atoms with Gasteiger partial charge in [-0.2, -0.15) is 5.90 Å². The second-order valence-electron chi connectivity index (χ2n) is 7.69. The van der Waals surface area contributed by atoms with Crippen molar-refractivity contribution in [3.8, 4) is 34.5 Å². The number of ether oxygens (including phenoxy) is 7. The van der Waals surface area contributed by atoms with Crippen molar-refractivity contribution in [1.29, 1.82) is 0 Å². The van der Waals surface area contributed by atoms with E-state index in [0.717, 1.165) is 0 Å². The average Bonchev–Trinajstić information content (AvgIpc) is 3.40. The Labute approximate surface area is 188 Å². The van der Waals surface area contributed by atoms with Crippen LogP contribution in [0.4, 0.5) is 0 Å². The quantitative estimate of drug-likeness (QED) is 0.397. The van der Waals surface area contributed by atoms with Crippen LogP contribution in [-0.2, 0) is 19.1 Å². The molecule has 0 aliphatic carbocycles. The molecule has 0 amide bonds. The number of carbonyl (C=O) groups excluding carboxylic acids is 2. The zero-order valence-corrected chi connectivity index (χ0v) is 18.0. The molecule has 11 heteroatoms. The van der Waals surface area contributed by atoms with Gasteiger partial charge in [-0.15, -0.1) is 0 Å². The lowest BCUT2D eigenvalue weighted by atomic mass is 9.75. The highest BCUT2D eigenvalue weighted by atomic mass is 16.7. The summed E-state index contributed by atoms with van der Waals surface area (Å²) in [6, 6.07) is 6.65. The molecule has 1 saturated heterocycles. The number of hydrogen-bond donors (Lipinski definition) is 1. The van der Waals surface area contributed by atoms with Gasteiger partial charge in [0, 0.05) is 31.6 Å². The molecule has 0 bridgehead atoms. The van der Waals surface area contributed by atoms with Crippen LogP contribution < -0.4 is 34.4 Å². The van der Waals surface area contributed by atoms with E-state index >= 15 is 0 Å². The summed E-state index contributed by atoms with van der Waals surface area (Å²) in [5, 5.41) is 0. The number of carbonyl (C=O) groups is 2. The van der Waals surface area contributed by atoms with Gasteiger partial charge in [-0.05, 0) is 23.8 Å². The molecule has 0 spiro atoms. The van der Waals surface area contributed by atoms with Gasteiger partial charge in [-0.1, -0.05) is 0 Å². The molecule has 174 valence electrons. The van der Waals surface area contributed by atoms with Crippen molar-refractivity contribution in [2.24, 2.45) is 11.8 Å². The summed E-state index contributed by atoms with van der Waals surface area (Å²) in [7, 11) is 2.86. The summed E-state index contributed by atoms with van der Waals surface area (Å²) < 4.78 is 38.9. The van der Waals surface area contributed by atoms with Crippen LogP contribution in [0.3, 0.4) is 0 Å². The van der Waals surface area contributed by atoms with Gasteiger partial charge >= 0.3 is 11.9 Å². The van der Waals surface area contributed by atoms with Gasteiger partial charge in [0.2, 0.25) is 12.5 Å². The Balaban J connectivity index is 1.74. The third kappa shape index (κ3) is 3.19. The van der Waals surface area contributed by atoms with E-state index in [4.69, 9.17) is 43.9 Å². The Hall–Kier alpha value is -3.70. The van der Waals surface area contributed by atoms with Crippen molar-refractivity contribution in [2.45, 2.75) is 18.6 Å². The number of methoxy groups -OCH3 is 2. The number of fused-ring (bicyclic) bond motifs is 3. The fraction of sp³-hybridized carbons (Fsp3) is 0.364. The Kier molecular flexibility index (Phi) is 4.94. The van der Waals surface area contributed by atoms with E-state index in [-0.39, 0.29) is 30.6 Å². The number of esters is 2. The van der Waals surface area contributed by atoms with Gasteiger partial charge in [0.1, 0.15) is 11.7 Å². The molecule has 0 aromatic heterocycles. The first-order valence-electron chi connectivity index (χ1n) is 10.0. The van der Waals surface area contributed by atoms with Gasteiger partial charge in [-0.25, -0.2) is 0 Å². The molecule has 2 aromatic rings. The molecule has 3 atom stereocenters. The van der Waals surface area contributed by atoms with Gasteiger partial charge in [0.15, 0.2) is 29.6 Å². The van der Waals surface area contributed by atoms with Crippen LogP contribution in [0.15, 0.2) is 24.3 Å². The lowest BCUT2D eigenvalue weighted by molar-refractivity contribution is -0.195. The highest BCUT2D eigenvalue weighted by Crippen LogP contribution is 2.56. The van der Waals surface area contributed by atoms with Crippen LogP contribution in [-0.4, -0.2) is 45.3 Å². The molecule has 3 heterocycles. The SMILES string of the molecule is COc1cc(C2c3cc4c(cc3OC3(OC)COC(=O)C23)OCO4)cc(ON)c1OC(C)=O. The molecule has 1 fully saturated rings. The number of cyclic esters (lactones) is 1. The molecule has 0 radical (unpaired) electrons. The number of nitrogens with two attached hydrogens (primary N) is 1. The molecule has 2 aromatic carbocycles. The smallest absolute Gasteiger partial charge is 0.317 e. The summed E-state index contributed by atoms with van der Waals surface area (Å²) in [5.41, 5.74) is 1.21. The van der Waals surface area contributed by atoms with E-state index in [1.165, 1.54) is 21.1 Å². The summed E-state index contributed by atoms with van der Waals surface area (Å²) in [6.45, 7) is 1.21. The Bertz CT molecular complexity index is 1120. The van der Waals surface area contributed by atoms with Gasteiger partial charge in [-0.3, -0.25) is 9.59 Å². The minimum atomic E-state index is -1.37. The Morgan fingerprint density at radius 2 is 1.79 bits per heavy atom. The van der Waals surface area contributed by atoms with E-state index in [2.05, 4.69) is 0 Å². The van der Waals surface area contributed by atoms with Gasteiger partial charge < -0.3 is 38.0 Å². The van der Waals surface area contributed by atoms with Crippen LogP contribution in [0, 0.1) is 5.92 Å². The van der Waals surface area contributed by atoms with Crippen LogP contribution in [0.5, 0.6) is 34.5 Å². The van der Waals surface area contributed by atoms with Crippen LogP contribution >= 0.6 is 0 Å². The fourth-order valence-electron chi connectivity index (χ4n) is 4.51. The summed E-state index contributed by atoms with van der Waals surface area (Å²) in [4.78, 5) is 29.5. The van der Waals surface area contributed by atoms with E-state index in [1.807, 2.05) is 0 Å². The number of rotatable bonds is 5. The molecule has 3 unspecified atom stereocenters. The Morgan fingerprint density at radius 3 is 2.45 bits per heavy atom. The van der Waals surface area contributed by atoms with E-state index < -0.39 is 29.6 Å². The molecule has 5 rings (SSSR count). The van der Waals surface area contributed by atoms with Gasteiger partial charge in [0.05, 0.1) is 7.11 Å².